The molecule has 0 saturated heterocycles. The van der Waals surface area contributed by atoms with Gasteiger partial charge in [-0.05, 0) is 6.07 Å². The molecule has 0 N–H and O–H groups in total. The van der Waals surface area contributed by atoms with E-state index in [2.05, 4.69) is 15.0 Å². The monoisotopic (exact) mass is 188 g/mol. The number of carbonyl (C=O) groups is 1. The third-order valence-electron chi connectivity index (χ3n) is 1.82. The van der Waals surface area contributed by atoms with Gasteiger partial charge in [-0.25, -0.2) is 15.0 Å². The van der Waals surface area contributed by atoms with Crippen molar-refractivity contribution in [3.05, 3.63) is 30.4 Å². The highest BCUT2D eigenvalue weighted by Crippen LogP contribution is 2.09. The highest BCUT2D eigenvalue weighted by atomic mass is 16.1. The average Bonchev–Trinajstić information content (AvgIpc) is 2.65. The molecule has 2 rings (SSSR count). The minimum Gasteiger partial charge on any atom is -0.331 e. The zero-order valence-electron chi connectivity index (χ0n) is 7.58. The topological polar surface area (TPSA) is 60.7 Å². The molecule has 0 spiro atoms. The summed E-state index contributed by atoms with van der Waals surface area (Å²) in [5, 5.41) is 0. The number of rotatable bonds is 2. The first-order valence-electron chi connectivity index (χ1n) is 4.07. The second-order valence-electron chi connectivity index (χ2n) is 2.78. The second-order valence-corrected chi connectivity index (χ2v) is 2.78. The van der Waals surface area contributed by atoms with Crippen LogP contribution in [0.25, 0.3) is 11.6 Å². The number of imidazole rings is 1. The lowest BCUT2D eigenvalue weighted by Crippen LogP contribution is -1.98. The Bertz CT molecular complexity index is 463. The van der Waals surface area contributed by atoms with E-state index < -0.39 is 0 Å². The highest BCUT2D eigenvalue weighted by Gasteiger charge is 2.06. The van der Waals surface area contributed by atoms with E-state index in [0.717, 1.165) is 0 Å². The molecule has 2 heterocycles. The molecule has 0 bridgehead atoms. The Morgan fingerprint density at radius 1 is 1.36 bits per heavy atom. The summed E-state index contributed by atoms with van der Waals surface area (Å²) in [6.07, 6.45) is 5.69. The van der Waals surface area contributed by atoms with Crippen molar-refractivity contribution >= 4 is 6.29 Å². The molecule has 0 aliphatic carbocycles. The van der Waals surface area contributed by atoms with Crippen LogP contribution in [-0.4, -0.2) is 25.8 Å². The van der Waals surface area contributed by atoms with Crippen molar-refractivity contribution in [1.29, 1.82) is 0 Å². The summed E-state index contributed by atoms with van der Waals surface area (Å²) in [5.41, 5.74) is 0.359. The molecular formula is C9H8N4O. The molecule has 0 amide bonds. The third kappa shape index (κ3) is 1.39. The molecule has 0 fully saturated rings. The average molecular weight is 188 g/mol. The Labute approximate surface area is 80.5 Å². The fourth-order valence-electron chi connectivity index (χ4n) is 1.13. The molecule has 0 aliphatic rings. The van der Waals surface area contributed by atoms with Crippen LogP contribution in [0.15, 0.2) is 24.7 Å². The maximum atomic E-state index is 10.5. The van der Waals surface area contributed by atoms with Gasteiger partial charge in [-0.15, -0.1) is 0 Å². The van der Waals surface area contributed by atoms with E-state index in [9.17, 15) is 4.79 Å². The number of carbonyl (C=O) groups excluding carboxylic acids is 1. The van der Waals surface area contributed by atoms with E-state index in [0.29, 0.717) is 23.6 Å². The molecule has 70 valence electrons. The molecule has 0 atom stereocenters. The van der Waals surface area contributed by atoms with Gasteiger partial charge in [0.05, 0.1) is 0 Å². The van der Waals surface area contributed by atoms with Gasteiger partial charge in [-0.2, -0.15) is 0 Å². The molecular weight excluding hydrogens is 180 g/mol. The van der Waals surface area contributed by atoms with Gasteiger partial charge in [0.25, 0.3) is 0 Å². The zero-order chi connectivity index (χ0) is 9.97. The Balaban J connectivity index is 2.52. The van der Waals surface area contributed by atoms with E-state index >= 15 is 0 Å². The predicted molar refractivity (Wildman–Crippen MR) is 49.6 cm³/mol. The lowest BCUT2D eigenvalue weighted by molar-refractivity contribution is 0.111. The van der Waals surface area contributed by atoms with Gasteiger partial charge < -0.3 is 4.57 Å². The SMILES string of the molecule is Cn1ccnc1-c1nccc(C=O)n1. The molecule has 5 nitrogen and oxygen atoms in total. The summed E-state index contributed by atoms with van der Waals surface area (Å²) in [5.74, 6) is 1.11. The Kier molecular flexibility index (Phi) is 2.06. The largest absolute Gasteiger partial charge is 0.331 e. The van der Waals surface area contributed by atoms with Crippen molar-refractivity contribution < 1.29 is 4.79 Å². The summed E-state index contributed by atoms with van der Waals surface area (Å²) in [6, 6.07) is 1.56. The molecule has 2 aromatic heterocycles. The number of aromatic nitrogens is 4. The minimum atomic E-state index is 0.359. The summed E-state index contributed by atoms with van der Waals surface area (Å²) < 4.78 is 1.80. The summed E-state index contributed by atoms with van der Waals surface area (Å²) >= 11 is 0. The predicted octanol–water partition coefficient (Wildman–Crippen LogP) is 0.690. The van der Waals surface area contributed by atoms with Crippen LogP contribution < -0.4 is 0 Å². The van der Waals surface area contributed by atoms with Crippen molar-refractivity contribution in [2.24, 2.45) is 7.05 Å². The lowest BCUT2D eigenvalue weighted by atomic mass is 10.4. The fourth-order valence-corrected chi connectivity index (χ4v) is 1.13. The van der Waals surface area contributed by atoms with E-state index in [4.69, 9.17) is 0 Å². The molecule has 2 aromatic rings. The van der Waals surface area contributed by atoms with E-state index in [1.165, 1.54) is 0 Å². The lowest BCUT2D eigenvalue weighted by Gasteiger charge is -1.99. The minimum absolute atomic E-state index is 0.359. The van der Waals surface area contributed by atoms with Crippen LogP contribution >= 0.6 is 0 Å². The first-order valence-corrected chi connectivity index (χ1v) is 4.07. The molecule has 5 heteroatoms. The molecule has 0 saturated carbocycles. The van der Waals surface area contributed by atoms with Crippen molar-refractivity contribution in [2.75, 3.05) is 0 Å². The van der Waals surface area contributed by atoms with Gasteiger partial charge in [-0.3, -0.25) is 4.79 Å². The molecule has 0 aromatic carbocycles. The van der Waals surface area contributed by atoms with E-state index in [-0.39, 0.29) is 0 Å². The number of hydrogen-bond donors (Lipinski definition) is 0. The summed E-state index contributed by atoms with van der Waals surface area (Å²) in [7, 11) is 1.85. The number of hydrogen-bond acceptors (Lipinski definition) is 4. The van der Waals surface area contributed by atoms with Crippen LogP contribution in [0.5, 0.6) is 0 Å². The quantitative estimate of drug-likeness (QED) is 0.650. The maximum absolute atomic E-state index is 10.5. The van der Waals surface area contributed by atoms with Crippen molar-refractivity contribution in [3.8, 4) is 11.6 Å². The van der Waals surface area contributed by atoms with Crippen LogP contribution in [0.1, 0.15) is 10.5 Å². The van der Waals surface area contributed by atoms with Crippen molar-refractivity contribution in [2.45, 2.75) is 0 Å². The van der Waals surface area contributed by atoms with E-state index in [1.54, 1.807) is 29.2 Å². The standard InChI is InChI=1S/C9H8N4O/c1-13-5-4-11-9(13)8-10-3-2-7(6-14)12-8/h2-6H,1H3. The van der Waals surface area contributed by atoms with Crippen LogP contribution in [0.3, 0.4) is 0 Å². The molecule has 0 radical (unpaired) electrons. The van der Waals surface area contributed by atoms with Gasteiger partial charge in [-0.1, -0.05) is 0 Å². The van der Waals surface area contributed by atoms with Gasteiger partial charge >= 0.3 is 0 Å². The zero-order valence-corrected chi connectivity index (χ0v) is 7.58. The van der Waals surface area contributed by atoms with Crippen LogP contribution in [0.4, 0.5) is 0 Å². The van der Waals surface area contributed by atoms with Crippen molar-refractivity contribution in [1.82, 2.24) is 19.5 Å². The Hall–Kier alpha value is -2.04. The van der Waals surface area contributed by atoms with Crippen LogP contribution in [-0.2, 0) is 7.05 Å². The van der Waals surface area contributed by atoms with Crippen LogP contribution in [0, 0.1) is 0 Å². The smallest absolute Gasteiger partial charge is 0.196 e. The highest BCUT2D eigenvalue weighted by molar-refractivity contribution is 5.72. The molecule has 14 heavy (non-hydrogen) atoms. The van der Waals surface area contributed by atoms with E-state index in [1.807, 2.05) is 7.05 Å². The Morgan fingerprint density at radius 2 is 2.21 bits per heavy atom. The normalized spacial score (nSPS) is 10.1. The van der Waals surface area contributed by atoms with Crippen LogP contribution in [0.2, 0.25) is 0 Å². The summed E-state index contributed by atoms with van der Waals surface area (Å²) in [6.45, 7) is 0. The maximum Gasteiger partial charge on any atom is 0.196 e. The fraction of sp³-hybridized carbons (Fsp3) is 0.111. The van der Waals surface area contributed by atoms with Gasteiger partial charge in [0.2, 0.25) is 0 Å². The van der Waals surface area contributed by atoms with Gasteiger partial charge in [0.15, 0.2) is 17.9 Å². The summed E-state index contributed by atoms with van der Waals surface area (Å²) in [4.78, 5) is 22.6. The van der Waals surface area contributed by atoms with Gasteiger partial charge in [0, 0.05) is 25.6 Å². The Morgan fingerprint density at radius 3 is 2.86 bits per heavy atom. The second kappa shape index (κ2) is 3.37. The van der Waals surface area contributed by atoms with Gasteiger partial charge in [0.1, 0.15) is 5.69 Å². The molecule has 0 aliphatic heterocycles. The van der Waals surface area contributed by atoms with Crippen molar-refractivity contribution in [3.63, 3.8) is 0 Å². The molecule has 0 unspecified atom stereocenters. The number of aryl methyl sites for hydroxylation is 1. The first kappa shape index (κ1) is 8.55. The number of aldehydes is 1. The first-order chi connectivity index (χ1) is 6.81. The number of nitrogens with zero attached hydrogens (tertiary/aromatic N) is 4. The third-order valence-corrected chi connectivity index (χ3v) is 1.82.